The van der Waals surface area contributed by atoms with Gasteiger partial charge in [-0.1, -0.05) is 18.2 Å². The topological polar surface area (TPSA) is 68.5 Å². The quantitative estimate of drug-likeness (QED) is 0.569. The smallest absolute Gasteiger partial charge is 0.255 e. The fraction of sp³-hybridized carbons (Fsp3) is 0.286. The molecule has 6 nitrogen and oxygen atoms in total. The van der Waals surface area contributed by atoms with Gasteiger partial charge in [0.15, 0.2) is 0 Å². The van der Waals surface area contributed by atoms with E-state index in [4.69, 9.17) is 9.15 Å². The maximum absolute atomic E-state index is 12.8. The minimum atomic E-state index is -2.62. The van der Waals surface area contributed by atoms with Crippen molar-refractivity contribution in [3.05, 3.63) is 59.7 Å². The fourth-order valence-electron chi connectivity index (χ4n) is 2.84. The molecule has 2 aromatic carbocycles. The second kappa shape index (κ2) is 9.38. The molecule has 1 heterocycles. The van der Waals surface area contributed by atoms with Crippen LogP contribution >= 0.6 is 0 Å². The molecule has 0 aliphatic heterocycles. The standard InChI is InChI=1S/C21H21F2N3O3/c1-14-5-3-4-6-17(14)20-25-24-19(29-20)15-7-9-16(10-8-15)21(27)26(11-12-28-2)13-18(22)23/h3-10,18H,11-13H2,1-2H3. The van der Waals surface area contributed by atoms with Crippen molar-refractivity contribution in [3.63, 3.8) is 0 Å². The minimum absolute atomic E-state index is 0.0882. The van der Waals surface area contributed by atoms with Crippen molar-refractivity contribution in [2.75, 3.05) is 26.8 Å². The van der Waals surface area contributed by atoms with Crippen molar-refractivity contribution >= 4 is 5.91 Å². The van der Waals surface area contributed by atoms with Crippen LogP contribution in [-0.4, -0.2) is 54.2 Å². The van der Waals surface area contributed by atoms with Gasteiger partial charge in [0.2, 0.25) is 11.8 Å². The average molecular weight is 401 g/mol. The highest BCUT2D eigenvalue weighted by atomic mass is 19.3. The molecule has 0 aliphatic rings. The van der Waals surface area contributed by atoms with Crippen LogP contribution in [-0.2, 0) is 4.74 Å². The van der Waals surface area contributed by atoms with Gasteiger partial charge in [-0.25, -0.2) is 8.78 Å². The molecule has 29 heavy (non-hydrogen) atoms. The van der Waals surface area contributed by atoms with Crippen LogP contribution in [0, 0.1) is 6.92 Å². The third-order valence-electron chi connectivity index (χ3n) is 4.39. The number of carbonyl (C=O) groups is 1. The number of aromatic nitrogens is 2. The van der Waals surface area contributed by atoms with E-state index in [-0.39, 0.29) is 13.2 Å². The number of hydrogen-bond acceptors (Lipinski definition) is 5. The molecule has 152 valence electrons. The lowest BCUT2D eigenvalue weighted by molar-refractivity contribution is 0.0478. The molecule has 0 spiro atoms. The number of carbonyl (C=O) groups excluding carboxylic acids is 1. The van der Waals surface area contributed by atoms with Crippen LogP contribution in [0.2, 0.25) is 0 Å². The summed E-state index contributed by atoms with van der Waals surface area (Å²) in [6.45, 7) is 1.58. The number of rotatable bonds is 8. The predicted octanol–water partition coefficient (Wildman–Crippen LogP) is 4.07. The molecule has 0 N–H and O–H groups in total. The van der Waals surface area contributed by atoms with E-state index in [2.05, 4.69) is 10.2 Å². The van der Waals surface area contributed by atoms with Crippen LogP contribution in [0.4, 0.5) is 8.78 Å². The van der Waals surface area contributed by atoms with E-state index in [0.29, 0.717) is 22.9 Å². The summed E-state index contributed by atoms with van der Waals surface area (Å²) in [5.74, 6) is 0.229. The van der Waals surface area contributed by atoms with Gasteiger partial charge >= 0.3 is 0 Å². The van der Waals surface area contributed by atoms with E-state index in [1.807, 2.05) is 31.2 Å². The second-order valence-electron chi connectivity index (χ2n) is 6.44. The van der Waals surface area contributed by atoms with Crippen LogP contribution in [0.25, 0.3) is 22.9 Å². The minimum Gasteiger partial charge on any atom is -0.416 e. The highest BCUT2D eigenvalue weighted by Crippen LogP contribution is 2.26. The van der Waals surface area contributed by atoms with E-state index in [1.54, 1.807) is 24.3 Å². The second-order valence-corrected chi connectivity index (χ2v) is 6.44. The Balaban J connectivity index is 1.78. The van der Waals surface area contributed by atoms with Gasteiger partial charge in [0.1, 0.15) is 0 Å². The number of halogens is 2. The van der Waals surface area contributed by atoms with Crippen LogP contribution < -0.4 is 0 Å². The van der Waals surface area contributed by atoms with Crippen molar-refractivity contribution in [3.8, 4) is 22.9 Å². The lowest BCUT2D eigenvalue weighted by Crippen LogP contribution is -2.37. The molecular formula is C21H21F2N3O3. The zero-order valence-electron chi connectivity index (χ0n) is 16.1. The molecule has 0 atom stereocenters. The Bertz CT molecular complexity index is 958. The van der Waals surface area contributed by atoms with E-state index in [9.17, 15) is 13.6 Å². The Morgan fingerprint density at radius 2 is 1.79 bits per heavy atom. The van der Waals surface area contributed by atoms with Gasteiger partial charge in [-0.2, -0.15) is 0 Å². The summed E-state index contributed by atoms with van der Waals surface area (Å²) in [6, 6.07) is 14.1. The van der Waals surface area contributed by atoms with Crippen LogP contribution in [0.5, 0.6) is 0 Å². The maximum atomic E-state index is 12.8. The zero-order chi connectivity index (χ0) is 20.8. The molecule has 8 heteroatoms. The summed E-state index contributed by atoms with van der Waals surface area (Å²) in [5, 5.41) is 8.15. The van der Waals surface area contributed by atoms with Crippen molar-refractivity contribution in [2.45, 2.75) is 13.3 Å². The summed E-state index contributed by atoms with van der Waals surface area (Å²) in [7, 11) is 1.45. The fourth-order valence-corrected chi connectivity index (χ4v) is 2.84. The number of benzene rings is 2. The Morgan fingerprint density at radius 1 is 1.10 bits per heavy atom. The monoisotopic (exact) mass is 401 g/mol. The molecule has 0 bridgehead atoms. The molecule has 0 saturated carbocycles. The Kier molecular flexibility index (Phi) is 6.66. The first-order valence-electron chi connectivity index (χ1n) is 9.06. The average Bonchev–Trinajstić information content (AvgIpc) is 3.21. The van der Waals surface area contributed by atoms with Crippen LogP contribution in [0.3, 0.4) is 0 Å². The molecule has 3 rings (SSSR count). The normalized spacial score (nSPS) is 11.1. The number of ether oxygens (including phenoxy) is 1. The van der Waals surface area contributed by atoms with Gasteiger partial charge in [0.25, 0.3) is 12.3 Å². The number of alkyl halides is 2. The van der Waals surface area contributed by atoms with E-state index in [0.717, 1.165) is 16.0 Å². The molecule has 0 fully saturated rings. The number of nitrogens with zero attached hydrogens (tertiary/aromatic N) is 3. The molecule has 0 saturated heterocycles. The Hall–Kier alpha value is -3.13. The summed E-state index contributed by atoms with van der Waals surface area (Å²) >= 11 is 0. The van der Waals surface area contributed by atoms with Crippen LogP contribution in [0.15, 0.2) is 52.9 Å². The molecule has 0 unspecified atom stereocenters. The van der Waals surface area contributed by atoms with Crippen molar-refractivity contribution in [1.29, 1.82) is 0 Å². The Labute approximate surface area is 167 Å². The maximum Gasteiger partial charge on any atom is 0.255 e. The third-order valence-corrected chi connectivity index (χ3v) is 4.39. The van der Waals surface area contributed by atoms with Gasteiger partial charge in [-0.15, -0.1) is 10.2 Å². The van der Waals surface area contributed by atoms with Gasteiger partial charge < -0.3 is 14.1 Å². The summed E-state index contributed by atoms with van der Waals surface area (Å²) < 4.78 is 36.2. The molecule has 1 amide bonds. The van der Waals surface area contributed by atoms with Crippen molar-refractivity contribution < 1.29 is 22.7 Å². The van der Waals surface area contributed by atoms with Gasteiger partial charge in [0.05, 0.1) is 13.2 Å². The van der Waals surface area contributed by atoms with Crippen molar-refractivity contribution in [1.82, 2.24) is 15.1 Å². The lowest BCUT2D eigenvalue weighted by atomic mass is 10.1. The lowest BCUT2D eigenvalue weighted by Gasteiger charge is -2.22. The van der Waals surface area contributed by atoms with Crippen LogP contribution in [0.1, 0.15) is 15.9 Å². The highest BCUT2D eigenvalue weighted by molar-refractivity contribution is 5.94. The number of hydrogen-bond donors (Lipinski definition) is 0. The third kappa shape index (κ3) is 5.03. The van der Waals surface area contributed by atoms with E-state index >= 15 is 0 Å². The zero-order valence-corrected chi connectivity index (χ0v) is 16.1. The molecule has 0 radical (unpaired) electrons. The van der Waals surface area contributed by atoms with Crippen molar-refractivity contribution in [2.24, 2.45) is 0 Å². The van der Waals surface area contributed by atoms with Gasteiger partial charge in [-0.05, 0) is 42.8 Å². The summed E-state index contributed by atoms with van der Waals surface area (Å²) in [6.07, 6.45) is -2.62. The first-order chi connectivity index (χ1) is 14.0. The first-order valence-corrected chi connectivity index (χ1v) is 9.06. The molecule has 1 aromatic heterocycles. The SMILES string of the molecule is COCCN(CC(F)F)C(=O)c1ccc(-c2nnc(-c3ccccc3C)o2)cc1. The number of methoxy groups -OCH3 is 1. The molecule has 3 aromatic rings. The van der Waals surface area contributed by atoms with Gasteiger partial charge in [0, 0.05) is 30.3 Å². The molecule has 0 aliphatic carbocycles. The Morgan fingerprint density at radius 3 is 2.45 bits per heavy atom. The number of aryl methyl sites for hydroxylation is 1. The number of amides is 1. The molecular weight excluding hydrogens is 380 g/mol. The largest absolute Gasteiger partial charge is 0.416 e. The van der Waals surface area contributed by atoms with E-state index in [1.165, 1.54) is 7.11 Å². The van der Waals surface area contributed by atoms with E-state index < -0.39 is 18.9 Å². The first kappa shape index (κ1) is 20.6. The summed E-state index contributed by atoms with van der Waals surface area (Å²) in [4.78, 5) is 13.6. The summed E-state index contributed by atoms with van der Waals surface area (Å²) in [5.41, 5.74) is 2.79. The predicted molar refractivity (Wildman–Crippen MR) is 104 cm³/mol. The van der Waals surface area contributed by atoms with Gasteiger partial charge in [-0.3, -0.25) is 4.79 Å². The highest BCUT2D eigenvalue weighted by Gasteiger charge is 2.20.